The van der Waals surface area contributed by atoms with Crippen LogP contribution >= 0.6 is 11.3 Å². The van der Waals surface area contributed by atoms with E-state index in [9.17, 15) is 8.42 Å². The van der Waals surface area contributed by atoms with Gasteiger partial charge in [-0.05, 0) is 18.9 Å². The van der Waals surface area contributed by atoms with Gasteiger partial charge in [0.1, 0.15) is 4.21 Å². The summed E-state index contributed by atoms with van der Waals surface area (Å²) < 4.78 is 33.1. The van der Waals surface area contributed by atoms with E-state index in [1.165, 1.54) is 11.3 Å². The van der Waals surface area contributed by atoms with Crippen LogP contribution in [0.15, 0.2) is 15.7 Å². The zero-order valence-electron chi connectivity index (χ0n) is 10.6. The number of hydrogen-bond acceptors (Lipinski definition) is 5. The highest BCUT2D eigenvalue weighted by Crippen LogP contribution is 2.34. The van der Waals surface area contributed by atoms with Gasteiger partial charge in [-0.3, -0.25) is 0 Å². The smallest absolute Gasteiger partial charge is 0.253 e. The summed E-state index contributed by atoms with van der Waals surface area (Å²) in [6.07, 6.45) is 4.12. The molecule has 19 heavy (non-hydrogen) atoms. The van der Waals surface area contributed by atoms with Crippen LogP contribution in [0.3, 0.4) is 0 Å². The first-order valence-corrected chi connectivity index (χ1v) is 8.88. The molecule has 0 bridgehead atoms. The van der Waals surface area contributed by atoms with Crippen LogP contribution in [0.1, 0.15) is 25.7 Å². The molecule has 0 spiro atoms. The summed E-state index contributed by atoms with van der Waals surface area (Å²) in [5, 5.41) is 1.67. The van der Waals surface area contributed by atoms with Crippen molar-refractivity contribution in [3.63, 3.8) is 0 Å². The Bertz CT molecular complexity index is 553. The highest BCUT2D eigenvalue weighted by atomic mass is 32.2. The van der Waals surface area contributed by atoms with Crippen molar-refractivity contribution in [3.8, 4) is 0 Å². The molecule has 2 N–H and O–H groups in total. The molecule has 5 nitrogen and oxygen atoms in total. The Balaban J connectivity index is 1.91. The average molecular weight is 302 g/mol. The van der Waals surface area contributed by atoms with E-state index in [2.05, 4.69) is 0 Å². The van der Waals surface area contributed by atoms with Crippen molar-refractivity contribution in [2.24, 2.45) is 0 Å². The van der Waals surface area contributed by atoms with E-state index in [1.807, 2.05) is 0 Å². The van der Waals surface area contributed by atoms with E-state index in [1.54, 1.807) is 15.8 Å². The summed E-state index contributed by atoms with van der Waals surface area (Å²) >= 11 is 1.19. The van der Waals surface area contributed by atoms with Gasteiger partial charge in [-0.25, -0.2) is 8.42 Å². The maximum Gasteiger partial charge on any atom is 0.253 e. The van der Waals surface area contributed by atoms with E-state index in [0.717, 1.165) is 25.7 Å². The van der Waals surface area contributed by atoms with E-state index in [0.29, 0.717) is 23.0 Å². The molecule has 2 aliphatic rings. The van der Waals surface area contributed by atoms with Crippen LogP contribution in [0.5, 0.6) is 0 Å². The molecule has 0 amide bonds. The van der Waals surface area contributed by atoms with Crippen molar-refractivity contribution < 1.29 is 13.2 Å². The third-order valence-electron chi connectivity index (χ3n) is 3.84. The van der Waals surface area contributed by atoms with Gasteiger partial charge in [0.2, 0.25) is 0 Å². The van der Waals surface area contributed by atoms with Gasteiger partial charge in [0.05, 0.1) is 18.8 Å². The van der Waals surface area contributed by atoms with Crippen LogP contribution in [0.4, 0.5) is 5.69 Å². The van der Waals surface area contributed by atoms with Gasteiger partial charge < -0.3 is 10.5 Å². The van der Waals surface area contributed by atoms with E-state index >= 15 is 0 Å². The summed E-state index contributed by atoms with van der Waals surface area (Å²) in [7, 11) is -3.42. The molecule has 2 unspecified atom stereocenters. The Hall–Kier alpha value is -0.630. The largest absolute Gasteiger partial charge is 0.398 e. The molecule has 2 heterocycles. The predicted molar refractivity (Wildman–Crippen MR) is 74.6 cm³/mol. The summed E-state index contributed by atoms with van der Waals surface area (Å²) in [5.74, 6) is 0. The number of rotatable bonds is 2. The van der Waals surface area contributed by atoms with Crippen molar-refractivity contribution in [2.45, 2.75) is 42.0 Å². The minimum atomic E-state index is -3.42. The maximum absolute atomic E-state index is 12.7. The van der Waals surface area contributed by atoms with Crippen LogP contribution < -0.4 is 5.73 Å². The van der Waals surface area contributed by atoms with Crippen molar-refractivity contribution in [1.29, 1.82) is 0 Å². The minimum absolute atomic E-state index is 0.00387. The number of hydrogen-bond donors (Lipinski definition) is 1. The summed E-state index contributed by atoms with van der Waals surface area (Å²) in [6, 6.07) is 1.55. The number of anilines is 1. The standard InChI is InChI=1S/C12H18N2O3S2/c13-9-7-12(18-8-9)19(15,16)14-5-6-17-11-4-2-1-3-10(11)14/h7-8,10-11H,1-6,13H2. The fourth-order valence-corrected chi connectivity index (χ4v) is 5.81. The molecule has 1 aromatic heterocycles. The van der Waals surface area contributed by atoms with Gasteiger partial charge >= 0.3 is 0 Å². The van der Waals surface area contributed by atoms with Crippen LogP contribution in [0, 0.1) is 0 Å². The lowest BCUT2D eigenvalue weighted by Crippen LogP contribution is -2.54. The number of ether oxygens (including phenoxy) is 1. The van der Waals surface area contributed by atoms with Crippen LogP contribution in [0.2, 0.25) is 0 Å². The summed E-state index contributed by atoms with van der Waals surface area (Å²) in [4.78, 5) is 0. The Morgan fingerprint density at radius 2 is 2.16 bits per heavy atom. The fraction of sp³-hybridized carbons (Fsp3) is 0.667. The molecule has 2 fully saturated rings. The van der Waals surface area contributed by atoms with E-state index < -0.39 is 10.0 Å². The van der Waals surface area contributed by atoms with Crippen LogP contribution in [-0.4, -0.2) is 38.0 Å². The van der Waals surface area contributed by atoms with Crippen molar-refractivity contribution >= 4 is 27.0 Å². The number of sulfonamides is 1. The number of thiophene rings is 1. The Labute approximate surface area is 117 Å². The molecule has 0 aromatic carbocycles. The average Bonchev–Trinajstić information content (AvgIpc) is 2.85. The predicted octanol–water partition coefficient (Wildman–Crippen LogP) is 1.66. The van der Waals surface area contributed by atoms with Gasteiger partial charge in [-0.15, -0.1) is 11.3 Å². The molecule has 1 aliphatic heterocycles. The van der Waals surface area contributed by atoms with Gasteiger partial charge in [0.15, 0.2) is 0 Å². The Morgan fingerprint density at radius 1 is 1.37 bits per heavy atom. The quantitative estimate of drug-likeness (QED) is 0.902. The highest BCUT2D eigenvalue weighted by molar-refractivity contribution is 7.91. The normalized spacial score (nSPS) is 29.1. The van der Waals surface area contributed by atoms with Crippen LogP contribution in [0.25, 0.3) is 0 Å². The highest BCUT2D eigenvalue weighted by Gasteiger charge is 2.41. The van der Waals surface area contributed by atoms with E-state index in [-0.39, 0.29) is 12.1 Å². The van der Waals surface area contributed by atoms with Gasteiger partial charge in [-0.2, -0.15) is 4.31 Å². The molecule has 2 atom stereocenters. The summed E-state index contributed by atoms with van der Waals surface area (Å²) in [5.41, 5.74) is 6.15. The zero-order valence-corrected chi connectivity index (χ0v) is 12.3. The zero-order chi connectivity index (χ0) is 13.5. The second-order valence-electron chi connectivity index (χ2n) is 5.08. The monoisotopic (exact) mass is 302 g/mol. The third-order valence-corrected chi connectivity index (χ3v) is 7.20. The second-order valence-corrected chi connectivity index (χ2v) is 8.10. The van der Waals surface area contributed by atoms with Crippen molar-refractivity contribution in [1.82, 2.24) is 4.31 Å². The third kappa shape index (κ3) is 2.40. The lowest BCUT2D eigenvalue weighted by molar-refractivity contribution is -0.0585. The molecule has 0 radical (unpaired) electrons. The molecular weight excluding hydrogens is 284 g/mol. The lowest BCUT2D eigenvalue weighted by atomic mass is 9.91. The number of fused-ring (bicyclic) bond motifs is 1. The number of nitrogens with zero attached hydrogens (tertiary/aromatic N) is 1. The molecule has 1 aliphatic carbocycles. The number of morpholine rings is 1. The van der Waals surface area contributed by atoms with Gasteiger partial charge in [-0.1, -0.05) is 12.8 Å². The van der Waals surface area contributed by atoms with Crippen LogP contribution in [-0.2, 0) is 14.8 Å². The first kappa shape index (κ1) is 13.4. The molecule has 106 valence electrons. The molecule has 1 aromatic rings. The Kier molecular flexibility index (Phi) is 3.55. The van der Waals surface area contributed by atoms with E-state index in [4.69, 9.17) is 10.5 Å². The summed E-state index contributed by atoms with van der Waals surface area (Å²) in [6.45, 7) is 0.933. The number of nitrogen functional groups attached to an aromatic ring is 1. The topological polar surface area (TPSA) is 72.6 Å². The second kappa shape index (κ2) is 5.05. The van der Waals surface area contributed by atoms with Crippen molar-refractivity contribution in [3.05, 3.63) is 11.4 Å². The fourth-order valence-electron chi connectivity index (χ4n) is 2.94. The lowest BCUT2D eigenvalue weighted by Gasteiger charge is -2.42. The first-order valence-electron chi connectivity index (χ1n) is 6.56. The SMILES string of the molecule is Nc1csc(S(=O)(=O)N2CCOC3CCCCC32)c1. The van der Waals surface area contributed by atoms with Gasteiger partial charge in [0, 0.05) is 17.6 Å². The molecular formula is C12H18N2O3S2. The number of nitrogens with two attached hydrogens (primary N) is 1. The van der Waals surface area contributed by atoms with Gasteiger partial charge in [0.25, 0.3) is 10.0 Å². The molecule has 3 rings (SSSR count). The molecule has 1 saturated carbocycles. The molecule has 7 heteroatoms. The maximum atomic E-state index is 12.7. The minimum Gasteiger partial charge on any atom is -0.398 e. The van der Waals surface area contributed by atoms with Crippen molar-refractivity contribution in [2.75, 3.05) is 18.9 Å². The Morgan fingerprint density at radius 3 is 2.89 bits per heavy atom. The molecule has 1 saturated heterocycles. The first-order chi connectivity index (χ1) is 9.09.